The molecular weight excluding hydrogens is 314 g/mol. The van der Waals surface area contributed by atoms with Crippen LogP contribution in [0, 0.1) is 6.92 Å². The third-order valence-corrected chi connectivity index (χ3v) is 3.86. The molecule has 0 radical (unpaired) electrons. The highest BCUT2D eigenvalue weighted by Gasteiger charge is 2.12. The molecule has 0 saturated carbocycles. The number of aromatic nitrogens is 3. The highest BCUT2D eigenvalue weighted by Crippen LogP contribution is 2.20. The number of carbonyl (C=O) groups is 1. The van der Waals surface area contributed by atoms with Gasteiger partial charge in [-0.1, -0.05) is 0 Å². The molecule has 0 aliphatic rings. The van der Waals surface area contributed by atoms with E-state index < -0.39 is 5.97 Å². The second-order valence-corrected chi connectivity index (χ2v) is 4.95. The monoisotopic (exact) mass is 325 g/mol. The molecule has 2 aromatic heterocycles. The number of nitrogens with zero attached hydrogens (tertiary/aromatic N) is 3. The fraction of sp³-hybridized carbons (Fsp3) is 0.250. The summed E-state index contributed by atoms with van der Waals surface area (Å²) in [6, 6.07) is 2.51. The number of hydrogen-bond acceptors (Lipinski definition) is 3. The summed E-state index contributed by atoms with van der Waals surface area (Å²) >= 11 is 3.43. The summed E-state index contributed by atoms with van der Waals surface area (Å²) in [5.41, 5.74) is 1.32. The van der Waals surface area contributed by atoms with Crippen molar-refractivity contribution in [3.05, 3.63) is 50.1 Å². The molecule has 0 fully saturated rings. The van der Waals surface area contributed by atoms with Gasteiger partial charge in [0.25, 0.3) is 5.56 Å². The molecule has 0 aromatic carbocycles. The van der Waals surface area contributed by atoms with Gasteiger partial charge in [-0.3, -0.25) is 9.48 Å². The predicted octanol–water partition coefficient (Wildman–Crippen LogP) is 1.40. The summed E-state index contributed by atoms with van der Waals surface area (Å²) < 4.78 is 3.98. The fourth-order valence-corrected chi connectivity index (χ4v) is 2.25. The van der Waals surface area contributed by atoms with Gasteiger partial charge in [-0.05, 0) is 28.9 Å². The van der Waals surface area contributed by atoms with Crippen LogP contribution in [0.15, 0.2) is 27.6 Å². The Bertz CT molecular complexity index is 703. The zero-order valence-electron chi connectivity index (χ0n) is 10.4. The molecule has 7 heteroatoms. The van der Waals surface area contributed by atoms with E-state index >= 15 is 0 Å². The molecule has 6 nitrogen and oxygen atoms in total. The molecule has 0 spiro atoms. The highest BCUT2D eigenvalue weighted by atomic mass is 79.9. The molecule has 0 saturated heterocycles. The second-order valence-electron chi connectivity index (χ2n) is 4.16. The van der Waals surface area contributed by atoms with E-state index in [0.29, 0.717) is 6.54 Å². The van der Waals surface area contributed by atoms with Gasteiger partial charge in [0.15, 0.2) is 0 Å². The van der Waals surface area contributed by atoms with Gasteiger partial charge in [0, 0.05) is 19.3 Å². The number of carboxylic acid groups (broad SMARTS) is 1. The number of aromatic carboxylic acids is 1. The summed E-state index contributed by atoms with van der Waals surface area (Å²) in [5.74, 6) is -1.11. The average molecular weight is 326 g/mol. The van der Waals surface area contributed by atoms with E-state index in [0.717, 1.165) is 21.9 Å². The highest BCUT2D eigenvalue weighted by molar-refractivity contribution is 9.10. The summed E-state index contributed by atoms with van der Waals surface area (Å²) in [4.78, 5) is 22.6. The molecule has 2 rings (SSSR count). The Morgan fingerprint density at radius 3 is 2.68 bits per heavy atom. The molecule has 0 amide bonds. The lowest BCUT2D eigenvalue weighted by molar-refractivity contribution is 0.0696. The molecule has 0 aliphatic heterocycles. The molecule has 2 aromatic rings. The van der Waals surface area contributed by atoms with Crippen molar-refractivity contribution in [3.63, 3.8) is 0 Å². The van der Waals surface area contributed by atoms with Crippen LogP contribution in [0.3, 0.4) is 0 Å². The normalized spacial score (nSPS) is 10.7. The van der Waals surface area contributed by atoms with Crippen LogP contribution in [0.2, 0.25) is 0 Å². The summed E-state index contributed by atoms with van der Waals surface area (Å²) in [6.45, 7) is 2.19. The lowest BCUT2D eigenvalue weighted by atomic mass is 10.2. The first-order valence-corrected chi connectivity index (χ1v) is 6.31. The van der Waals surface area contributed by atoms with Crippen molar-refractivity contribution in [2.75, 3.05) is 0 Å². The van der Waals surface area contributed by atoms with Gasteiger partial charge in [0.1, 0.15) is 0 Å². The number of hydrogen-bond donors (Lipinski definition) is 1. The quantitative estimate of drug-likeness (QED) is 0.925. The first kappa shape index (κ1) is 13.5. The molecule has 19 heavy (non-hydrogen) atoms. The molecule has 0 atom stereocenters. The maximum absolute atomic E-state index is 11.8. The van der Waals surface area contributed by atoms with E-state index in [1.165, 1.54) is 16.8 Å². The van der Waals surface area contributed by atoms with E-state index in [1.807, 2.05) is 6.92 Å². The maximum atomic E-state index is 11.8. The molecule has 1 N–H and O–H groups in total. The first-order chi connectivity index (χ1) is 8.90. The molecule has 0 bridgehead atoms. The van der Waals surface area contributed by atoms with Crippen molar-refractivity contribution in [1.82, 2.24) is 14.3 Å². The van der Waals surface area contributed by atoms with Crippen LogP contribution in [0.1, 0.15) is 21.7 Å². The second kappa shape index (κ2) is 5.00. The Balaban J connectivity index is 2.39. The minimum atomic E-state index is -1.11. The largest absolute Gasteiger partial charge is 0.478 e. The van der Waals surface area contributed by atoms with E-state index in [4.69, 9.17) is 5.11 Å². The average Bonchev–Trinajstić information content (AvgIpc) is 2.58. The predicted molar refractivity (Wildman–Crippen MR) is 72.4 cm³/mol. The molecule has 2 heterocycles. The topological polar surface area (TPSA) is 77.1 Å². The minimum absolute atomic E-state index is 0.0125. The van der Waals surface area contributed by atoms with Gasteiger partial charge in [-0.15, -0.1) is 0 Å². The van der Waals surface area contributed by atoms with Gasteiger partial charge in [0.2, 0.25) is 0 Å². The van der Waals surface area contributed by atoms with Gasteiger partial charge in [-0.2, -0.15) is 5.10 Å². The number of aryl methyl sites for hydroxylation is 2. The summed E-state index contributed by atoms with van der Waals surface area (Å²) in [7, 11) is 1.80. The van der Waals surface area contributed by atoms with Crippen LogP contribution in [0.4, 0.5) is 0 Å². The standard InChI is InChI=1S/C12H12BrN3O3/c1-7-11(13)9(15(2)14-7)6-16-4-3-8(12(18)19)5-10(16)17/h3-5H,6H2,1-2H3,(H,18,19). The lowest BCUT2D eigenvalue weighted by Crippen LogP contribution is -2.22. The zero-order chi connectivity index (χ0) is 14.2. The fourth-order valence-electron chi connectivity index (χ4n) is 1.78. The zero-order valence-corrected chi connectivity index (χ0v) is 12.0. The van der Waals surface area contributed by atoms with E-state index in [9.17, 15) is 9.59 Å². The first-order valence-electron chi connectivity index (χ1n) is 5.52. The molecular formula is C12H12BrN3O3. The van der Waals surface area contributed by atoms with E-state index in [2.05, 4.69) is 21.0 Å². The van der Waals surface area contributed by atoms with Gasteiger partial charge in [-0.25, -0.2) is 4.79 Å². The summed E-state index contributed by atoms with van der Waals surface area (Å²) in [6.07, 6.45) is 1.47. The Kier molecular flexibility index (Phi) is 3.57. The van der Waals surface area contributed by atoms with Crippen molar-refractivity contribution < 1.29 is 9.90 Å². The van der Waals surface area contributed by atoms with Crippen LogP contribution in [-0.2, 0) is 13.6 Å². The van der Waals surface area contributed by atoms with Crippen LogP contribution in [-0.4, -0.2) is 25.4 Å². The molecule has 100 valence electrons. The van der Waals surface area contributed by atoms with E-state index in [-0.39, 0.29) is 11.1 Å². The van der Waals surface area contributed by atoms with Crippen molar-refractivity contribution in [1.29, 1.82) is 0 Å². The number of carboxylic acids is 1. The summed E-state index contributed by atoms with van der Waals surface area (Å²) in [5, 5.41) is 13.1. The van der Waals surface area contributed by atoms with Crippen molar-refractivity contribution >= 4 is 21.9 Å². The van der Waals surface area contributed by atoms with Crippen molar-refractivity contribution in [2.45, 2.75) is 13.5 Å². The smallest absolute Gasteiger partial charge is 0.335 e. The lowest BCUT2D eigenvalue weighted by Gasteiger charge is -2.07. The van der Waals surface area contributed by atoms with E-state index in [1.54, 1.807) is 11.7 Å². The van der Waals surface area contributed by atoms with Crippen LogP contribution >= 0.6 is 15.9 Å². The van der Waals surface area contributed by atoms with Crippen LogP contribution in [0.25, 0.3) is 0 Å². The third kappa shape index (κ3) is 2.60. The van der Waals surface area contributed by atoms with Crippen LogP contribution in [0.5, 0.6) is 0 Å². The minimum Gasteiger partial charge on any atom is -0.478 e. The number of halogens is 1. The van der Waals surface area contributed by atoms with Crippen molar-refractivity contribution in [2.24, 2.45) is 7.05 Å². The molecule has 0 aliphatic carbocycles. The van der Waals surface area contributed by atoms with Gasteiger partial charge < -0.3 is 9.67 Å². The van der Waals surface area contributed by atoms with Gasteiger partial charge >= 0.3 is 5.97 Å². The SMILES string of the molecule is Cc1nn(C)c(Cn2ccc(C(=O)O)cc2=O)c1Br. The Labute approximate surface area is 117 Å². The van der Waals surface area contributed by atoms with Crippen LogP contribution < -0.4 is 5.56 Å². The van der Waals surface area contributed by atoms with Gasteiger partial charge in [0.05, 0.1) is 28.0 Å². The molecule has 0 unspecified atom stereocenters. The number of pyridine rings is 1. The Morgan fingerprint density at radius 1 is 1.53 bits per heavy atom. The maximum Gasteiger partial charge on any atom is 0.335 e. The van der Waals surface area contributed by atoms with Crippen molar-refractivity contribution in [3.8, 4) is 0 Å². The number of rotatable bonds is 3. The third-order valence-electron chi connectivity index (χ3n) is 2.82. The Hall–Kier alpha value is -1.89. The Morgan fingerprint density at radius 2 is 2.21 bits per heavy atom.